The number of carbonyl (C=O) groups is 1. The highest BCUT2D eigenvalue weighted by Crippen LogP contribution is 2.23. The monoisotopic (exact) mass is 256 g/mol. The molecule has 0 radical (unpaired) electrons. The Kier molecular flexibility index (Phi) is 3.28. The molecule has 0 N–H and O–H groups in total. The zero-order valence-electron chi connectivity index (χ0n) is 10.3. The van der Waals surface area contributed by atoms with E-state index in [9.17, 15) is 4.79 Å². The van der Waals surface area contributed by atoms with Crippen LogP contribution in [-0.2, 0) is 19.3 Å². The van der Waals surface area contributed by atoms with E-state index in [0.29, 0.717) is 6.42 Å². The summed E-state index contributed by atoms with van der Waals surface area (Å²) >= 11 is 1.73. The summed E-state index contributed by atoms with van der Waals surface area (Å²) < 4.78 is 0. The van der Waals surface area contributed by atoms with E-state index in [4.69, 9.17) is 0 Å². The zero-order chi connectivity index (χ0) is 12.4. The Bertz CT molecular complexity index is 554. The van der Waals surface area contributed by atoms with Gasteiger partial charge in [-0.2, -0.15) is 0 Å². The number of rotatable bonds is 4. The van der Waals surface area contributed by atoms with Crippen LogP contribution in [0.3, 0.4) is 0 Å². The smallest absolute Gasteiger partial charge is 0.163 e. The summed E-state index contributed by atoms with van der Waals surface area (Å²) in [6, 6.07) is 10.4. The van der Waals surface area contributed by atoms with Crippen LogP contribution in [0.5, 0.6) is 0 Å². The quantitative estimate of drug-likeness (QED) is 0.754. The van der Waals surface area contributed by atoms with E-state index in [1.807, 2.05) is 12.1 Å². The minimum Gasteiger partial charge on any atom is -0.294 e. The Hall–Kier alpha value is -1.41. The predicted octanol–water partition coefficient (Wildman–Crippen LogP) is 4.05. The SMILES string of the molecule is O=C(CCc1cccs1)c1ccc2c(c1)CCC2. The van der Waals surface area contributed by atoms with Crippen molar-refractivity contribution < 1.29 is 4.79 Å². The first kappa shape index (κ1) is 11.7. The largest absolute Gasteiger partial charge is 0.294 e. The fourth-order valence-electron chi connectivity index (χ4n) is 2.58. The first-order valence-electron chi connectivity index (χ1n) is 6.50. The van der Waals surface area contributed by atoms with Crippen LogP contribution in [0.15, 0.2) is 35.7 Å². The molecule has 0 unspecified atom stereocenters. The second-order valence-electron chi connectivity index (χ2n) is 4.84. The lowest BCUT2D eigenvalue weighted by molar-refractivity contribution is 0.0983. The third kappa shape index (κ3) is 2.39. The zero-order valence-corrected chi connectivity index (χ0v) is 11.1. The molecule has 1 aromatic carbocycles. The molecule has 18 heavy (non-hydrogen) atoms. The van der Waals surface area contributed by atoms with Gasteiger partial charge in [-0.25, -0.2) is 0 Å². The summed E-state index contributed by atoms with van der Waals surface area (Å²) in [7, 11) is 0. The molecule has 0 saturated carbocycles. The number of carbonyl (C=O) groups excluding carboxylic acids is 1. The Morgan fingerprint density at radius 3 is 2.89 bits per heavy atom. The molecule has 1 aliphatic rings. The van der Waals surface area contributed by atoms with Crippen LogP contribution in [0.25, 0.3) is 0 Å². The van der Waals surface area contributed by atoms with Crippen molar-refractivity contribution in [3.8, 4) is 0 Å². The van der Waals surface area contributed by atoms with Crippen LogP contribution >= 0.6 is 11.3 Å². The molecule has 0 atom stereocenters. The number of aryl methyl sites for hydroxylation is 3. The van der Waals surface area contributed by atoms with Crippen molar-refractivity contribution in [1.82, 2.24) is 0 Å². The third-order valence-electron chi connectivity index (χ3n) is 3.60. The second-order valence-corrected chi connectivity index (χ2v) is 5.87. The summed E-state index contributed by atoms with van der Waals surface area (Å²) in [6.45, 7) is 0. The fraction of sp³-hybridized carbons (Fsp3) is 0.312. The van der Waals surface area contributed by atoms with Gasteiger partial charge in [0.25, 0.3) is 0 Å². The maximum atomic E-state index is 12.1. The first-order chi connectivity index (χ1) is 8.83. The minimum atomic E-state index is 0.276. The summed E-state index contributed by atoms with van der Waals surface area (Å²) in [5, 5.41) is 2.06. The molecule has 0 aliphatic heterocycles. The molecule has 2 heteroatoms. The van der Waals surface area contributed by atoms with Crippen LogP contribution in [0.2, 0.25) is 0 Å². The maximum absolute atomic E-state index is 12.1. The number of fused-ring (bicyclic) bond motifs is 1. The summed E-state index contributed by atoms with van der Waals surface area (Å²) in [5.74, 6) is 0.276. The molecule has 1 heterocycles. The van der Waals surface area contributed by atoms with Gasteiger partial charge < -0.3 is 0 Å². The standard InChI is InChI=1S/C16H16OS/c17-16(9-8-15-5-2-10-18-15)14-7-6-12-3-1-4-13(12)11-14/h2,5-7,10-11H,1,3-4,8-9H2. The van der Waals surface area contributed by atoms with E-state index in [2.05, 4.69) is 23.6 Å². The number of hydrogen-bond donors (Lipinski definition) is 0. The number of hydrogen-bond acceptors (Lipinski definition) is 2. The van der Waals surface area contributed by atoms with E-state index in [1.165, 1.54) is 28.8 Å². The van der Waals surface area contributed by atoms with E-state index >= 15 is 0 Å². The summed E-state index contributed by atoms with van der Waals surface area (Å²) in [6.07, 6.45) is 5.05. The molecular weight excluding hydrogens is 240 g/mol. The average molecular weight is 256 g/mol. The van der Waals surface area contributed by atoms with Gasteiger partial charge in [-0.05, 0) is 54.3 Å². The fourth-order valence-corrected chi connectivity index (χ4v) is 3.29. The van der Waals surface area contributed by atoms with Crippen molar-refractivity contribution in [3.63, 3.8) is 0 Å². The lowest BCUT2D eigenvalue weighted by atomic mass is 10.0. The van der Waals surface area contributed by atoms with Crippen LogP contribution in [-0.4, -0.2) is 5.78 Å². The molecule has 0 fully saturated rings. The van der Waals surface area contributed by atoms with E-state index < -0.39 is 0 Å². The predicted molar refractivity (Wildman–Crippen MR) is 75.4 cm³/mol. The third-order valence-corrected chi connectivity index (χ3v) is 4.54. The van der Waals surface area contributed by atoms with Gasteiger partial charge in [-0.15, -0.1) is 11.3 Å². The topological polar surface area (TPSA) is 17.1 Å². The summed E-state index contributed by atoms with van der Waals surface area (Å²) in [5.41, 5.74) is 3.72. The highest BCUT2D eigenvalue weighted by Gasteiger charge is 2.13. The second kappa shape index (κ2) is 5.07. The van der Waals surface area contributed by atoms with Crippen molar-refractivity contribution in [1.29, 1.82) is 0 Å². The summed E-state index contributed by atoms with van der Waals surface area (Å²) in [4.78, 5) is 13.4. The Balaban J connectivity index is 1.69. The van der Waals surface area contributed by atoms with Gasteiger partial charge in [0.2, 0.25) is 0 Å². The lowest BCUT2D eigenvalue weighted by Crippen LogP contribution is -2.01. The van der Waals surface area contributed by atoms with Crippen molar-refractivity contribution in [2.75, 3.05) is 0 Å². The van der Waals surface area contributed by atoms with Gasteiger partial charge in [-0.3, -0.25) is 4.79 Å². The number of ketones is 1. The van der Waals surface area contributed by atoms with Crippen molar-refractivity contribution >= 4 is 17.1 Å². The highest BCUT2D eigenvalue weighted by atomic mass is 32.1. The normalized spacial score (nSPS) is 13.6. The molecule has 92 valence electrons. The molecule has 0 spiro atoms. The van der Waals surface area contributed by atoms with Crippen molar-refractivity contribution in [2.24, 2.45) is 0 Å². The van der Waals surface area contributed by atoms with E-state index in [-0.39, 0.29) is 5.78 Å². The molecular formula is C16H16OS. The Labute approximate surface area is 111 Å². The lowest BCUT2D eigenvalue weighted by Gasteiger charge is -2.04. The van der Waals surface area contributed by atoms with E-state index in [1.54, 1.807) is 11.3 Å². The highest BCUT2D eigenvalue weighted by molar-refractivity contribution is 7.09. The van der Waals surface area contributed by atoms with Gasteiger partial charge in [-0.1, -0.05) is 18.2 Å². The maximum Gasteiger partial charge on any atom is 0.163 e. The van der Waals surface area contributed by atoms with Gasteiger partial charge in [0.05, 0.1) is 0 Å². The van der Waals surface area contributed by atoms with Crippen molar-refractivity contribution in [3.05, 3.63) is 57.3 Å². The van der Waals surface area contributed by atoms with Crippen LogP contribution in [0.1, 0.15) is 39.2 Å². The Morgan fingerprint density at radius 1 is 1.17 bits per heavy atom. The number of benzene rings is 1. The first-order valence-corrected chi connectivity index (χ1v) is 7.38. The van der Waals surface area contributed by atoms with Gasteiger partial charge in [0.1, 0.15) is 0 Å². The number of Topliss-reactive ketones (excluding diaryl/α,β-unsaturated/α-hetero) is 1. The molecule has 1 aromatic heterocycles. The number of thiophene rings is 1. The Morgan fingerprint density at radius 2 is 2.06 bits per heavy atom. The van der Waals surface area contributed by atoms with Gasteiger partial charge in [0.15, 0.2) is 5.78 Å². The molecule has 0 amide bonds. The van der Waals surface area contributed by atoms with Crippen LogP contribution < -0.4 is 0 Å². The average Bonchev–Trinajstić information content (AvgIpc) is 3.05. The molecule has 3 rings (SSSR count). The molecule has 2 aromatic rings. The molecule has 0 bridgehead atoms. The van der Waals surface area contributed by atoms with Crippen molar-refractivity contribution in [2.45, 2.75) is 32.1 Å². The van der Waals surface area contributed by atoms with Crippen LogP contribution in [0.4, 0.5) is 0 Å². The molecule has 1 aliphatic carbocycles. The molecule has 1 nitrogen and oxygen atoms in total. The van der Waals surface area contributed by atoms with Gasteiger partial charge in [0, 0.05) is 16.9 Å². The van der Waals surface area contributed by atoms with Gasteiger partial charge >= 0.3 is 0 Å². The molecule has 0 saturated heterocycles. The minimum absolute atomic E-state index is 0.276. The van der Waals surface area contributed by atoms with E-state index in [0.717, 1.165) is 18.4 Å². The van der Waals surface area contributed by atoms with Crippen LogP contribution in [0, 0.1) is 0 Å².